The predicted octanol–water partition coefficient (Wildman–Crippen LogP) is 1.83. The number of hydrogen-bond donors (Lipinski definition) is 1. The normalized spacial score (nSPS) is 11.8. The summed E-state index contributed by atoms with van der Waals surface area (Å²) in [5.41, 5.74) is 0.393. The van der Waals surface area contributed by atoms with Gasteiger partial charge < -0.3 is 29.0 Å². The van der Waals surface area contributed by atoms with Crippen molar-refractivity contribution in [3.05, 3.63) is 53.1 Å². The zero-order chi connectivity index (χ0) is 22.4. The van der Waals surface area contributed by atoms with Crippen molar-refractivity contribution in [1.29, 1.82) is 0 Å². The van der Waals surface area contributed by atoms with Crippen LogP contribution in [0.5, 0.6) is 11.5 Å². The number of ether oxygens (including phenoxy) is 5. The fourth-order valence-corrected chi connectivity index (χ4v) is 2.75. The third-order valence-corrected chi connectivity index (χ3v) is 4.17. The van der Waals surface area contributed by atoms with Gasteiger partial charge in [-0.1, -0.05) is 0 Å². The molecule has 31 heavy (non-hydrogen) atoms. The van der Waals surface area contributed by atoms with Gasteiger partial charge in [0.15, 0.2) is 18.1 Å². The molecular weight excluding hydrogens is 410 g/mol. The summed E-state index contributed by atoms with van der Waals surface area (Å²) in [5, 5.41) is 2.46. The van der Waals surface area contributed by atoms with E-state index in [1.165, 1.54) is 44.6 Å². The number of nitrogens with one attached hydrogen (secondary N) is 1. The van der Waals surface area contributed by atoms with Crippen LogP contribution in [0, 0.1) is 0 Å². The van der Waals surface area contributed by atoms with E-state index in [0.717, 1.165) is 0 Å². The highest BCUT2D eigenvalue weighted by Gasteiger charge is 2.18. The number of rotatable bonds is 6. The molecule has 10 nitrogen and oxygen atoms in total. The van der Waals surface area contributed by atoms with Crippen LogP contribution in [0.15, 0.2) is 36.4 Å². The Kier molecular flexibility index (Phi) is 6.71. The molecule has 1 heterocycles. The van der Waals surface area contributed by atoms with Crippen molar-refractivity contribution in [2.24, 2.45) is 0 Å². The number of carbonyl (C=O) groups excluding carboxylic acids is 4. The smallest absolute Gasteiger partial charge is 0.338 e. The van der Waals surface area contributed by atoms with Gasteiger partial charge in [0, 0.05) is 5.69 Å². The summed E-state index contributed by atoms with van der Waals surface area (Å²) in [6, 6.07) is 8.46. The zero-order valence-electron chi connectivity index (χ0n) is 16.8. The Labute approximate surface area is 177 Å². The van der Waals surface area contributed by atoms with Crippen LogP contribution in [0.3, 0.4) is 0 Å². The van der Waals surface area contributed by atoms with Crippen molar-refractivity contribution < 1.29 is 42.9 Å². The summed E-state index contributed by atoms with van der Waals surface area (Å²) in [7, 11) is 2.37. The first-order valence-corrected chi connectivity index (χ1v) is 9.09. The Morgan fingerprint density at radius 1 is 0.806 bits per heavy atom. The van der Waals surface area contributed by atoms with Crippen LogP contribution in [0.2, 0.25) is 0 Å². The highest BCUT2D eigenvalue weighted by molar-refractivity contribution is 6.00. The number of hydrogen-bond acceptors (Lipinski definition) is 9. The van der Waals surface area contributed by atoms with Crippen molar-refractivity contribution in [2.45, 2.75) is 0 Å². The second-order valence-corrected chi connectivity index (χ2v) is 6.26. The molecule has 0 saturated carbocycles. The lowest BCUT2D eigenvalue weighted by atomic mass is 10.1. The first kappa shape index (κ1) is 21.6. The van der Waals surface area contributed by atoms with Crippen LogP contribution in [0.25, 0.3) is 0 Å². The second-order valence-electron chi connectivity index (χ2n) is 6.26. The van der Waals surface area contributed by atoms with Crippen molar-refractivity contribution in [3.63, 3.8) is 0 Å². The highest BCUT2D eigenvalue weighted by Crippen LogP contribution is 2.30. The van der Waals surface area contributed by atoms with Gasteiger partial charge in [0.1, 0.15) is 13.2 Å². The molecule has 0 fully saturated rings. The molecule has 0 unspecified atom stereocenters. The predicted molar refractivity (Wildman–Crippen MR) is 105 cm³/mol. The summed E-state index contributed by atoms with van der Waals surface area (Å²) >= 11 is 0. The van der Waals surface area contributed by atoms with E-state index >= 15 is 0 Å². The minimum Gasteiger partial charge on any atom is -0.486 e. The molecule has 1 aliphatic heterocycles. The maximum absolute atomic E-state index is 12.2. The molecule has 0 radical (unpaired) electrons. The van der Waals surface area contributed by atoms with E-state index in [4.69, 9.17) is 14.2 Å². The first-order chi connectivity index (χ1) is 14.9. The van der Waals surface area contributed by atoms with E-state index in [1.807, 2.05) is 0 Å². The summed E-state index contributed by atoms with van der Waals surface area (Å²) in [6.07, 6.45) is 0. The molecule has 0 spiro atoms. The maximum Gasteiger partial charge on any atom is 0.338 e. The Bertz CT molecular complexity index is 997. The lowest BCUT2D eigenvalue weighted by Gasteiger charge is -2.18. The summed E-state index contributed by atoms with van der Waals surface area (Å²) in [4.78, 5) is 48.1. The van der Waals surface area contributed by atoms with Crippen LogP contribution in [-0.4, -0.2) is 57.9 Å². The van der Waals surface area contributed by atoms with E-state index in [-0.39, 0.29) is 22.4 Å². The Balaban J connectivity index is 1.65. The number of carbonyl (C=O) groups is 4. The van der Waals surface area contributed by atoms with Crippen molar-refractivity contribution in [1.82, 2.24) is 0 Å². The molecule has 1 N–H and O–H groups in total. The fraction of sp³-hybridized carbons (Fsp3) is 0.238. The van der Waals surface area contributed by atoms with Crippen LogP contribution in [0.1, 0.15) is 31.1 Å². The number of benzene rings is 2. The van der Waals surface area contributed by atoms with E-state index in [9.17, 15) is 19.2 Å². The van der Waals surface area contributed by atoms with E-state index < -0.39 is 30.4 Å². The standard InChI is InChI=1S/C21H19NO9/c1-27-19(24)13-7-14(20(25)28-2)9-15(8-13)22-18(23)11-31-21(26)12-3-4-16-17(10-12)30-6-5-29-16/h3-4,7-10H,5-6,11H2,1-2H3,(H,22,23). The SMILES string of the molecule is COC(=O)c1cc(NC(=O)COC(=O)c2ccc3c(c2)OCCO3)cc(C(=O)OC)c1. The van der Waals surface area contributed by atoms with Gasteiger partial charge in [-0.05, 0) is 36.4 Å². The van der Waals surface area contributed by atoms with Gasteiger partial charge >= 0.3 is 17.9 Å². The molecule has 3 rings (SSSR count). The lowest BCUT2D eigenvalue weighted by Crippen LogP contribution is -2.22. The monoisotopic (exact) mass is 429 g/mol. The first-order valence-electron chi connectivity index (χ1n) is 9.09. The Morgan fingerprint density at radius 2 is 1.42 bits per heavy atom. The molecule has 0 atom stereocenters. The molecule has 0 bridgehead atoms. The van der Waals surface area contributed by atoms with Gasteiger partial charge in [0.05, 0.1) is 30.9 Å². The number of methoxy groups -OCH3 is 2. The number of esters is 3. The van der Waals surface area contributed by atoms with Crippen LogP contribution in [-0.2, 0) is 19.0 Å². The molecule has 2 aromatic rings. The minimum atomic E-state index is -0.731. The van der Waals surface area contributed by atoms with Crippen LogP contribution >= 0.6 is 0 Å². The van der Waals surface area contributed by atoms with E-state index in [0.29, 0.717) is 24.7 Å². The highest BCUT2D eigenvalue weighted by atomic mass is 16.6. The second kappa shape index (κ2) is 9.61. The molecule has 162 valence electrons. The summed E-state index contributed by atoms with van der Waals surface area (Å²) in [6.45, 7) is 0.196. The average molecular weight is 429 g/mol. The van der Waals surface area contributed by atoms with Gasteiger partial charge in [0.2, 0.25) is 0 Å². The van der Waals surface area contributed by atoms with Crippen LogP contribution in [0.4, 0.5) is 5.69 Å². The van der Waals surface area contributed by atoms with E-state index in [1.54, 1.807) is 6.07 Å². The van der Waals surface area contributed by atoms with Gasteiger partial charge in [-0.25, -0.2) is 14.4 Å². The number of amides is 1. The van der Waals surface area contributed by atoms with Crippen molar-refractivity contribution in [2.75, 3.05) is 39.4 Å². The Hall–Kier alpha value is -4.08. The lowest BCUT2D eigenvalue weighted by molar-refractivity contribution is -0.119. The van der Waals surface area contributed by atoms with Crippen LogP contribution < -0.4 is 14.8 Å². The molecule has 1 amide bonds. The number of anilines is 1. The summed E-state index contributed by atoms with van der Waals surface area (Å²) < 4.78 is 25.1. The van der Waals surface area contributed by atoms with Gasteiger partial charge in [-0.15, -0.1) is 0 Å². The molecule has 0 aliphatic carbocycles. The third kappa shape index (κ3) is 5.30. The molecule has 0 aromatic heterocycles. The minimum absolute atomic E-state index is 0.0361. The van der Waals surface area contributed by atoms with Crippen molar-refractivity contribution in [3.8, 4) is 11.5 Å². The molecule has 10 heteroatoms. The maximum atomic E-state index is 12.2. The molecule has 2 aromatic carbocycles. The molecule has 0 saturated heterocycles. The third-order valence-electron chi connectivity index (χ3n) is 4.17. The van der Waals surface area contributed by atoms with Gasteiger partial charge in [-0.3, -0.25) is 4.79 Å². The average Bonchev–Trinajstić information content (AvgIpc) is 2.80. The largest absolute Gasteiger partial charge is 0.486 e. The van der Waals surface area contributed by atoms with Gasteiger partial charge in [0.25, 0.3) is 5.91 Å². The Morgan fingerprint density at radius 3 is 2.03 bits per heavy atom. The molecule has 1 aliphatic rings. The van der Waals surface area contributed by atoms with Crippen molar-refractivity contribution >= 4 is 29.5 Å². The van der Waals surface area contributed by atoms with Gasteiger partial charge in [-0.2, -0.15) is 0 Å². The molecular formula is C21H19NO9. The fourth-order valence-electron chi connectivity index (χ4n) is 2.75. The quantitative estimate of drug-likeness (QED) is 0.540. The zero-order valence-corrected chi connectivity index (χ0v) is 16.8. The summed E-state index contributed by atoms with van der Waals surface area (Å²) in [5.74, 6) is -1.88. The van der Waals surface area contributed by atoms with E-state index in [2.05, 4.69) is 14.8 Å². The number of fused-ring (bicyclic) bond motifs is 1. The topological polar surface area (TPSA) is 126 Å².